The molecule has 1 heterocycles. The van der Waals surface area contributed by atoms with Crippen molar-refractivity contribution in [2.24, 2.45) is 0 Å². The molecule has 0 aromatic heterocycles. The van der Waals surface area contributed by atoms with Crippen LogP contribution in [0.3, 0.4) is 0 Å². The molecule has 1 nitrogen and oxygen atoms in total. The number of ether oxygens (including phenoxy) is 1. The Morgan fingerprint density at radius 3 is 1.75 bits per heavy atom. The normalized spacial score (nSPS) is 12.0. The van der Waals surface area contributed by atoms with E-state index in [4.69, 9.17) is 4.74 Å². The summed E-state index contributed by atoms with van der Waals surface area (Å²) in [5, 5.41) is 0. The minimum Gasteiger partial charge on any atom is -0.489 e. The summed E-state index contributed by atoms with van der Waals surface area (Å²) in [4.78, 5) is 0. The summed E-state index contributed by atoms with van der Waals surface area (Å²) >= 11 is 0. The van der Waals surface area contributed by atoms with Crippen LogP contribution in [0.25, 0.3) is 18.2 Å². The van der Waals surface area contributed by atoms with Gasteiger partial charge >= 0.3 is 0 Å². The van der Waals surface area contributed by atoms with E-state index in [1.807, 2.05) is 66.7 Å². The number of benzene rings is 3. The Balaban J connectivity index is 0.000000149. The largest absolute Gasteiger partial charge is 0.489 e. The standard InChI is InChI=1S/C14H12.C9H8O/c1-3-7-13(8-4-1)11-12-14-9-5-2-6-10-14;1-2-6-9-8(4-1)5-3-7-10-9/h1-12H;1-6H,7H2. The smallest absolute Gasteiger partial charge is 0.126 e. The number of rotatable bonds is 2. The van der Waals surface area contributed by atoms with Crippen molar-refractivity contribution in [1.29, 1.82) is 0 Å². The van der Waals surface area contributed by atoms with E-state index in [1.54, 1.807) is 0 Å². The molecule has 0 saturated heterocycles. The van der Waals surface area contributed by atoms with E-state index in [1.165, 1.54) is 16.7 Å². The van der Waals surface area contributed by atoms with Crippen LogP contribution in [0.4, 0.5) is 0 Å². The first-order valence-corrected chi connectivity index (χ1v) is 8.08. The highest BCUT2D eigenvalue weighted by Gasteiger charge is 2.01. The molecule has 0 radical (unpaired) electrons. The zero-order valence-corrected chi connectivity index (χ0v) is 13.5. The van der Waals surface area contributed by atoms with Crippen LogP contribution >= 0.6 is 0 Å². The molecule has 0 atom stereocenters. The number of para-hydroxylation sites is 1. The van der Waals surface area contributed by atoms with Crippen LogP contribution in [0.1, 0.15) is 16.7 Å². The SMILES string of the molecule is C(=Cc1ccccc1)c1ccccc1.C1=Cc2ccccc2OC1. The van der Waals surface area contributed by atoms with E-state index in [0.29, 0.717) is 6.61 Å². The lowest BCUT2D eigenvalue weighted by Crippen LogP contribution is -1.98. The van der Waals surface area contributed by atoms with Gasteiger partial charge in [0.2, 0.25) is 0 Å². The molecule has 118 valence electrons. The topological polar surface area (TPSA) is 9.23 Å². The molecule has 24 heavy (non-hydrogen) atoms. The van der Waals surface area contributed by atoms with Gasteiger partial charge in [0.05, 0.1) is 0 Å². The lowest BCUT2D eigenvalue weighted by atomic mass is 10.1. The molecule has 1 heteroatoms. The Kier molecular flexibility index (Phi) is 5.63. The fourth-order valence-electron chi connectivity index (χ4n) is 2.38. The third kappa shape index (κ3) is 4.72. The van der Waals surface area contributed by atoms with E-state index in [-0.39, 0.29) is 0 Å². The maximum absolute atomic E-state index is 5.34. The third-order valence-electron chi connectivity index (χ3n) is 3.62. The Hall–Kier alpha value is -3.06. The van der Waals surface area contributed by atoms with E-state index in [2.05, 4.69) is 42.5 Å². The summed E-state index contributed by atoms with van der Waals surface area (Å²) in [6.07, 6.45) is 8.34. The zero-order chi connectivity index (χ0) is 16.5. The molecule has 0 aliphatic carbocycles. The molecule has 0 spiro atoms. The minimum atomic E-state index is 0.705. The van der Waals surface area contributed by atoms with Crippen molar-refractivity contribution >= 4 is 18.2 Å². The monoisotopic (exact) mass is 312 g/mol. The molecule has 0 bridgehead atoms. The average molecular weight is 312 g/mol. The van der Waals surface area contributed by atoms with Crippen LogP contribution in [0.5, 0.6) is 5.75 Å². The second kappa shape index (κ2) is 8.54. The zero-order valence-electron chi connectivity index (χ0n) is 13.5. The van der Waals surface area contributed by atoms with Gasteiger partial charge in [0.25, 0.3) is 0 Å². The second-order valence-electron chi connectivity index (χ2n) is 5.41. The van der Waals surface area contributed by atoms with Gasteiger partial charge in [-0.05, 0) is 23.3 Å². The van der Waals surface area contributed by atoms with Crippen molar-refractivity contribution < 1.29 is 4.74 Å². The molecule has 0 saturated carbocycles. The van der Waals surface area contributed by atoms with Gasteiger partial charge in [0.15, 0.2) is 0 Å². The molecule has 4 rings (SSSR count). The first-order valence-electron chi connectivity index (χ1n) is 8.08. The van der Waals surface area contributed by atoms with E-state index in [9.17, 15) is 0 Å². The number of hydrogen-bond donors (Lipinski definition) is 0. The van der Waals surface area contributed by atoms with Crippen LogP contribution in [0.2, 0.25) is 0 Å². The lowest BCUT2D eigenvalue weighted by molar-refractivity contribution is 0.358. The van der Waals surface area contributed by atoms with Crippen LogP contribution < -0.4 is 4.74 Å². The number of hydrogen-bond acceptors (Lipinski definition) is 1. The van der Waals surface area contributed by atoms with Crippen molar-refractivity contribution in [2.45, 2.75) is 0 Å². The maximum atomic E-state index is 5.34. The van der Waals surface area contributed by atoms with Gasteiger partial charge in [-0.25, -0.2) is 0 Å². The van der Waals surface area contributed by atoms with Crippen molar-refractivity contribution in [2.75, 3.05) is 6.61 Å². The van der Waals surface area contributed by atoms with Gasteiger partial charge in [-0.3, -0.25) is 0 Å². The first kappa shape index (κ1) is 15.8. The van der Waals surface area contributed by atoms with Crippen LogP contribution in [-0.4, -0.2) is 6.61 Å². The summed E-state index contributed by atoms with van der Waals surface area (Å²) in [5.41, 5.74) is 3.64. The Morgan fingerprint density at radius 1 is 0.625 bits per heavy atom. The molecule has 0 N–H and O–H groups in total. The summed E-state index contributed by atoms with van der Waals surface area (Å²) in [5.74, 6) is 0.991. The Bertz CT molecular complexity index is 760. The predicted octanol–water partition coefficient (Wildman–Crippen LogP) is 5.95. The molecule has 0 amide bonds. The van der Waals surface area contributed by atoms with Crippen LogP contribution in [0, 0.1) is 0 Å². The van der Waals surface area contributed by atoms with Gasteiger partial charge in [0.1, 0.15) is 12.4 Å². The maximum Gasteiger partial charge on any atom is 0.126 e. The highest BCUT2D eigenvalue weighted by Crippen LogP contribution is 2.21. The third-order valence-corrected chi connectivity index (χ3v) is 3.62. The van der Waals surface area contributed by atoms with Crippen molar-refractivity contribution in [3.63, 3.8) is 0 Å². The predicted molar refractivity (Wildman–Crippen MR) is 103 cm³/mol. The van der Waals surface area contributed by atoms with E-state index < -0.39 is 0 Å². The average Bonchev–Trinajstić information content (AvgIpc) is 2.69. The highest BCUT2D eigenvalue weighted by atomic mass is 16.5. The van der Waals surface area contributed by atoms with E-state index >= 15 is 0 Å². The van der Waals surface area contributed by atoms with Gasteiger partial charge in [-0.2, -0.15) is 0 Å². The molecule has 0 unspecified atom stereocenters. The van der Waals surface area contributed by atoms with Crippen LogP contribution in [0.15, 0.2) is 91.0 Å². The quantitative estimate of drug-likeness (QED) is 0.531. The molecule has 3 aromatic carbocycles. The van der Waals surface area contributed by atoms with Crippen molar-refractivity contribution in [1.82, 2.24) is 0 Å². The summed E-state index contributed by atoms with van der Waals surface area (Å²) in [6, 6.07) is 28.7. The van der Waals surface area contributed by atoms with Crippen molar-refractivity contribution in [3.8, 4) is 5.75 Å². The minimum absolute atomic E-state index is 0.705. The molecular formula is C23H20O. The highest BCUT2D eigenvalue weighted by molar-refractivity contribution is 5.69. The Morgan fingerprint density at radius 2 is 1.17 bits per heavy atom. The summed E-state index contributed by atoms with van der Waals surface area (Å²) in [7, 11) is 0. The lowest BCUT2D eigenvalue weighted by Gasteiger charge is -2.10. The molecule has 1 aliphatic rings. The van der Waals surface area contributed by atoms with Gasteiger partial charge < -0.3 is 4.74 Å². The molecule has 3 aromatic rings. The fraction of sp³-hybridized carbons (Fsp3) is 0.0435. The molecule has 1 aliphatic heterocycles. The second-order valence-corrected chi connectivity index (χ2v) is 5.41. The summed E-state index contributed by atoms with van der Waals surface area (Å²) < 4.78 is 5.34. The fourth-order valence-corrected chi connectivity index (χ4v) is 2.38. The van der Waals surface area contributed by atoms with Gasteiger partial charge in [-0.15, -0.1) is 0 Å². The molecular weight excluding hydrogens is 292 g/mol. The Labute approximate surface area is 143 Å². The molecule has 0 fully saturated rings. The van der Waals surface area contributed by atoms with Crippen LogP contribution in [-0.2, 0) is 0 Å². The van der Waals surface area contributed by atoms with Gasteiger partial charge in [-0.1, -0.05) is 97.1 Å². The number of fused-ring (bicyclic) bond motifs is 1. The summed E-state index contributed by atoms with van der Waals surface area (Å²) in [6.45, 7) is 0.705. The van der Waals surface area contributed by atoms with E-state index in [0.717, 1.165) is 5.75 Å². The first-order chi connectivity index (χ1) is 11.9. The van der Waals surface area contributed by atoms with Gasteiger partial charge in [0, 0.05) is 5.56 Å². The van der Waals surface area contributed by atoms with Crippen molar-refractivity contribution in [3.05, 3.63) is 108 Å².